The Balaban J connectivity index is 1.70. The fourth-order valence-corrected chi connectivity index (χ4v) is 2.90. The van der Waals surface area contributed by atoms with Gasteiger partial charge >= 0.3 is 5.76 Å². The number of H-pyrrole nitrogens is 1. The van der Waals surface area contributed by atoms with Crippen molar-refractivity contribution in [3.63, 3.8) is 0 Å². The second kappa shape index (κ2) is 7.24. The minimum absolute atomic E-state index is 0.0155. The molecule has 0 aliphatic rings. The Bertz CT molecular complexity index is 1310. The summed E-state index contributed by atoms with van der Waals surface area (Å²) >= 11 is 6.02. The molecule has 0 spiro atoms. The average Bonchev–Trinajstić information content (AvgIpc) is 3.28. The van der Waals surface area contributed by atoms with Crippen LogP contribution in [0, 0.1) is 0 Å². The maximum atomic E-state index is 12.8. The van der Waals surface area contributed by atoms with Gasteiger partial charge in [-0.3, -0.25) is 19.1 Å². The van der Waals surface area contributed by atoms with E-state index in [1.54, 1.807) is 30.3 Å². The Morgan fingerprint density at radius 1 is 1.07 bits per heavy atom. The second-order valence-electron chi connectivity index (χ2n) is 6.01. The number of fused-ring (bicyclic) bond motifs is 1. The van der Waals surface area contributed by atoms with Crippen LogP contribution in [0.1, 0.15) is 17.4 Å². The van der Waals surface area contributed by atoms with Gasteiger partial charge in [0.15, 0.2) is 17.1 Å². The molecule has 2 aromatic carbocycles. The Kier molecular flexibility index (Phi) is 4.61. The van der Waals surface area contributed by atoms with E-state index in [1.165, 1.54) is 13.0 Å². The van der Waals surface area contributed by atoms with E-state index >= 15 is 0 Å². The molecule has 11 heteroatoms. The molecule has 2 amide bonds. The van der Waals surface area contributed by atoms with Crippen molar-refractivity contribution in [2.45, 2.75) is 6.92 Å². The molecule has 0 saturated heterocycles. The summed E-state index contributed by atoms with van der Waals surface area (Å²) in [6.07, 6.45) is 0. The van der Waals surface area contributed by atoms with Crippen molar-refractivity contribution in [3.8, 4) is 11.4 Å². The highest BCUT2D eigenvalue weighted by Gasteiger charge is 2.20. The number of aromatic amines is 1. The summed E-state index contributed by atoms with van der Waals surface area (Å²) in [5.41, 5.74) is 1.55. The molecule has 0 aliphatic heterocycles. The normalized spacial score (nSPS) is 10.8. The number of carbonyl (C=O) groups excluding carboxylic acids is 2. The van der Waals surface area contributed by atoms with Crippen LogP contribution in [0.25, 0.3) is 22.4 Å². The van der Waals surface area contributed by atoms with E-state index in [0.717, 1.165) is 0 Å². The summed E-state index contributed by atoms with van der Waals surface area (Å²) in [5, 5.41) is 13.5. The SMILES string of the molecule is CC(=O)Nc1ccc2onc(C(=O)Nc3ccc(Cl)cc3-c3noc(=O)[nH]3)c2c1. The van der Waals surface area contributed by atoms with E-state index < -0.39 is 11.7 Å². The minimum atomic E-state index is -0.745. The highest BCUT2D eigenvalue weighted by atomic mass is 35.5. The highest BCUT2D eigenvalue weighted by molar-refractivity contribution is 6.31. The summed E-state index contributed by atoms with van der Waals surface area (Å²) in [7, 11) is 0. The Hall–Kier alpha value is -3.92. The van der Waals surface area contributed by atoms with Gasteiger partial charge in [-0.2, -0.15) is 0 Å². The van der Waals surface area contributed by atoms with Crippen molar-refractivity contribution in [2.75, 3.05) is 10.6 Å². The first-order valence-corrected chi connectivity index (χ1v) is 8.63. The zero-order chi connectivity index (χ0) is 20.5. The number of hydrogen-bond acceptors (Lipinski definition) is 7. The molecular formula is C18H12ClN5O5. The van der Waals surface area contributed by atoms with Crippen LogP contribution in [0.15, 0.2) is 50.2 Å². The topological polar surface area (TPSA) is 143 Å². The lowest BCUT2D eigenvalue weighted by molar-refractivity contribution is -0.114. The molecule has 0 atom stereocenters. The summed E-state index contributed by atoms with van der Waals surface area (Å²) in [5.74, 6) is -1.46. The lowest BCUT2D eigenvalue weighted by Gasteiger charge is -2.08. The minimum Gasteiger partial charge on any atom is -0.355 e. The predicted octanol–water partition coefficient (Wildman–Crippen LogP) is 3.04. The van der Waals surface area contributed by atoms with Gasteiger partial charge in [-0.05, 0) is 36.4 Å². The van der Waals surface area contributed by atoms with E-state index in [0.29, 0.717) is 32.9 Å². The Labute approximate surface area is 166 Å². The van der Waals surface area contributed by atoms with Crippen LogP contribution in [0.3, 0.4) is 0 Å². The zero-order valence-electron chi connectivity index (χ0n) is 14.8. The Morgan fingerprint density at radius 2 is 1.90 bits per heavy atom. The fourth-order valence-electron chi connectivity index (χ4n) is 2.73. The Morgan fingerprint density at radius 3 is 2.62 bits per heavy atom. The second-order valence-corrected chi connectivity index (χ2v) is 6.45. The highest BCUT2D eigenvalue weighted by Crippen LogP contribution is 2.29. The first-order chi connectivity index (χ1) is 13.9. The van der Waals surface area contributed by atoms with Crippen molar-refractivity contribution >= 4 is 45.8 Å². The molecule has 3 N–H and O–H groups in total. The third-order valence-electron chi connectivity index (χ3n) is 3.93. The number of anilines is 2. The largest absolute Gasteiger partial charge is 0.439 e. The first kappa shape index (κ1) is 18.4. The predicted molar refractivity (Wildman–Crippen MR) is 104 cm³/mol. The number of amides is 2. The third-order valence-corrected chi connectivity index (χ3v) is 4.17. The molecule has 0 unspecified atom stereocenters. The van der Waals surface area contributed by atoms with Gasteiger partial charge in [0.1, 0.15) is 0 Å². The van der Waals surface area contributed by atoms with Crippen LogP contribution in [0.5, 0.6) is 0 Å². The molecule has 0 aliphatic carbocycles. The summed E-state index contributed by atoms with van der Waals surface area (Å²) in [6, 6.07) is 9.44. The molecule has 0 radical (unpaired) electrons. The van der Waals surface area contributed by atoms with Gasteiger partial charge in [-0.25, -0.2) is 4.79 Å². The van der Waals surface area contributed by atoms with Crippen LogP contribution in [-0.4, -0.2) is 27.1 Å². The van der Waals surface area contributed by atoms with Crippen LogP contribution >= 0.6 is 11.6 Å². The average molecular weight is 414 g/mol. The van der Waals surface area contributed by atoms with Gasteiger partial charge in [0.25, 0.3) is 5.91 Å². The molecule has 29 heavy (non-hydrogen) atoms. The summed E-state index contributed by atoms with van der Waals surface area (Å²) in [6.45, 7) is 1.38. The first-order valence-electron chi connectivity index (χ1n) is 8.25. The fraction of sp³-hybridized carbons (Fsp3) is 0.0556. The number of rotatable bonds is 4. The van der Waals surface area contributed by atoms with Crippen LogP contribution in [-0.2, 0) is 4.79 Å². The van der Waals surface area contributed by atoms with E-state index in [1.807, 2.05) is 0 Å². The number of carbonyl (C=O) groups is 2. The van der Waals surface area contributed by atoms with Gasteiger partial charge in [-0.15, -0.1) is 0 Å². The van der Waals surface area contributed by atoms with Crippen LogP contribution in [0.4, 0.5) is 11.4 Å². The lowest BCUT2D eigenvalue weighted by Crippen LogP contribution is -2.14. The zero-order valence-corrected chi connectivity index (χ0v) is 15.5. The molecule has 2 heterocycles. The monoisotopic (exact) mass is 413 g/mol. The van der Waals surface area contributed by atoms with Crippen molar-refractivity contribution in [3.05, 3.63) is 57.7 Å². The molecule has 2 aromatic heterocycles. The molecule has 0 saturated carbocycles. The van der Waals surface area contributed by atoms with E-state index in [-0.39, 0.29) is 17.4 Å². The molecule has 4 rings (SSSR count). The molecule has 0 bridgehead atoms. The maximum Gasteiger partial charge on any atom is 0.439 e. The van der Waals surface area contributed by atoms with Gasteiger partial charge in [0, 0.05) is 23.2 Å². The van der Waals surface area contributed by atoms with Gasteiger partial charge in [-0.1, -0.05) is 21.9 Å². The van der Waals surface area contributed by atoms with E-state index in [2.05, 4.69) is 30.5 Å². The lowest BCUT2D eigenvalue weighted by atomic mass is 10.1. The van der Waals surface area contributed by atoms with Gasteiger partial charge in [0.05, 0.1) is 11.1 Å². The van der Waals surface area contributed by atoms with Gasteiger partial charge < -0.3 is 15.2 Å². The molecule has 10 nitrogen and oxygen atoms in total. The van der Waals surface area contributed by atoms with Crippen molar-refractivity contribution in [2.24, 2.45) is 0 Å². The third kappa shape index (κ3) is 3.73. The number of nitrogens with one attached hydrogen (secondary N) is 3. The molecular weight excluding hydrogens is 402 g/mol. The van der Waals surface area contributed by atoms with E-state index in [9.17, 15) is 14.4 Å². The number of aromatic nitrogens is 3. The van der Waals surface area contributed by atoms with E-state index in [4.69, 9.17) is 16.1 Å². The number of benzene rings is 2. The number of halogens is 1. The van der Waals surface area contributed by atoms with Gasteiger partial charge in [0.2, 0.25) is 5.91 Å². The summed E-state index contributed by atoms with van der Waals surface area (Å²) in [4.78, 5) is 37.8. The number of nitrogens with zero attached hydrogens (tertiary/aromatic N) is 2. The smallest absolute Gasteiger partial charge is 0.355 e. The van der Waals surface area contributed by atoms with Crippen LogP contribution < -0.4 is 16.4 Å². The van der Waals surface area contributed by atoms with Crippen LogP contribution in [0.2, 0.25) is 5.02 Å². The molecule has 146 valence electrons. The summed E-state index contributed by atoms with van der Waals surface area (Å²) < 4.78 is 9.70. The quantitative estimate of drug-likeness (QED) is 0.466. The standard InChI is InChI=1S/C18H12ClN5O5/c1-8(25)20-10-3-5-14-12(7-10)15(23-28-14)17(26)21-13-4-2-9(19)6-11(13)16-22-18(27)29-24-16/h2-7H,1H3,(H,20,25)(H,21,26)(H,22,24,27). The number of hydrogen-bond donors (Lipinski definition) is 3. The van der Waals surface area contributed by atoms with Crippen molar-refractivity contribution in [1.29, 1.82) is 0 Å². The van der Waals surface area contributed by atoms with Crippen molar-refractivity contribution in [1.82, 2.24) is 15.3 Å². The van der Waals surface area contributed by atoms with Crippen molar-refractivity contribution < 1.29 is 18.6 Å². The maximum absolute atomic E-state index is 12.8. The molecule has 0 fully saturated rings. The molecule has 4 aromatic rings.